The average Bonchev–Trinajstić information content (AvgIpc) is 2.51. The van der Waals surface area contributed by atoms with Crippen LogP contribution in [0.25, 0.3) is 0 Å². The Morgan fingerprint density at radius 2 is 2.36 bits per heavy atom. The van der Waals surface area contributed by atoms with E-state index in [9.17, 15) is 4.79 Å². The van der Waals surface area contributed by atoms with Gasteiger partial charge in [-0.1, -0.05) is 0 Å². The third kappa shape index (κ3) is 4.07. The fourth-order valence-electron chi connectivity index (χ4n) is 1.82. The van der Waals surface area contributed by atoms with E-state index in [1.165, 1.54) is 19.4 Å². The van der Waals surface area contributed by atoms with Crippen LogP contribution in [0.2, 0.25) is 0 Å². The van der Waals surface area contributed by atoms with Crippen molar-refractivity contribution in [2.45, 2.75) is 31.7 Å². The van der Waals surface area contributed by atoms with E-state index >= 15 is 0 Å². The Morgan fingerprint density at radius 3 is 2.93 bits per heavy atom. The highest BCUT2D eigenvalue weighted by atomic mass is 16.5. The van der Waals surface area contributed by atoms with Gasteiger partial charge < -0.3 is 14.7 Å². The minimum absolute atomic E-state index is 0.112. The summed E-state index contributed by atoms with van der Waals surface area (Å²) in [5.41, 5.74) is 0. The normalized spacial score (nSPS) is 22.8. The zero-order chi connectivity index (χ0) is 10.4. The average molecular weight is 201 g/mol. The lowest BCUT2D eigenvalue weighted by Gasteiger charge is -2.18. The molecule has 1 N–H and O–H groups in total. The molecule has 1 fully saturated rings. The molecule has 1 heterocycles. The highest BCUT2D eigenvalue weighted by molar-refractivity contribution is 5.66. The first kappa shape index (κ1) is 11.5. The molecule has 0 radical (unpaired) electrons. The summed E-state index contributed by atoms with van der Waals surface area (Å²) in [7, 11) is 2.13. The minimum Gasteiger partial charge on any atom is -0.481 e. The van der Waals surface area contributed by atoms with Crippen molar-refractivity contribution in [3.63, 3.8) is 0 Å². The van der Waals surface area contributed by atoms with Crippen LogP contribution in [0.3, 0.4) is 0 Å². The first-order valence-corrected chi connectivity index (χ1v) is 5.20. The summed E-state index contributed by atoms with van der Waals surface area (Å²) in [5.74, 6) is -0.789. The Bertz CT molecular complexity index is 184. The van der Waals surface area contributed by atoms with Gasteiger partial charge in [0.2, 0.25) is 0 Å². The fraction of sp³-hybridized carbons (Fsp3) is 0.900. The number of carboxylic acid groups (broad SMARTS) is 1. The molecule has 0 aromatic rings. The number of aliphatic carboxylic acids is 1. The molecular formula is C10H19NO3. The number of nitrogens with zero attached hydrogens (tertiary/aromatic N) is 1. The van der Waals surface area contributed by atoms with E-state index in [2.05, 4.69) is 11.9 Å². The standard InChI is InChI=1S/C10H19NO3/c1-11-6-2-3-9(11)4-7-14-8-5-10(12)13/h9H,2-8H2,1H3,(H,12,13)/t9-/m0/s1. The van der Waals surface area contributed by atoms with Gasteiger partial charge in [-0.25, -0.2) is 0 Å². The Kier molecular flexibility index (Phi) is 4.90. The molecule has 1 rings (SSSR count). The summed E-state index contributed by atoms with van der Waals surface area (Å²) in [4.78, 5) is 12.5. The number of carboxylic acids is 1. The van der Waals surface area contributed by atoms with Crippen molar-refractivity contribution in [2.24, 2.45) is 0 Å². The van der Waals surface area contributed by atoms with Gasteiger partial charge >= 0.3 is 5.97 Å². The van der Waals surface area contributed by atoms with Gasteiger partial charge in [0.1, 0.15) is 0 Å². The lowest BCUT2D eigenvalue weighted by molar-refractivity contribution is -0.138. The molecule has 4 heteroatoms. The molecule has 4 nitrogen and oxygen atoms in total. The van der Waals surface area contributed by atoms with Crippen LogP contribution < -0.4 is 0 Å². The van der Waals surface area contributed by atoms with Crippen molar-refractivity contribution in [1.29, 1.82) is 0 Å². The molecule has 0 aromatic heterocycles. The summed E-state index contributed by atoms with van der Waals surface area (Å²) in [6.07, 6.45) is 3.66. The lowest BCUT2D eigenvalue weighted by Crippen LogP contribution is -2.26. The second-order valence-electron chi connectivity index (χ2n) is 3.82. The molecule has 1 saturated heterocycles. The molecule has 82 valence electrons. The molecule has 0 spiro atoms. The number of rotatable bonds is 6. The first-order valence-electron chi connectivity index (χ1n) is 5.20. The molecule has 0 unspecified atom stereocenters. The van der Waals surface area contributed by atoms with Crippen LogP contribution in [0.15, 0.2) is 0 Å². The van der Waals surface area contributed by atoms with Crippen LogP contribution >= 0.6 is 0 Å². The summed E-state index contributed by atoms with van der Waals surface area (Å²) in [5, 5.41) is 8.38. The van der Waals surface area contributed by atoms with Crippen molar-refractivity contribution in [2.75, 3.05) is 26.8 Å². The van der Waals surface area contributed by atoms with E-state index in [4.69, 9.17) is 9.84 Å². The van der Waals surface area contributed by atoms with Gasteiger partial charge in [-0.2, -0.15) is 0 Å². The first-order chi connectivity index (χ1) is 6.70. The predicted molar refractivity (Wildman–Crippen MR) is 53.3 cm³/mol. The molecule has 0 aromatic carbocycles. The van der Waals surface area contributed by atoms with E-state index in [0.29, 0.717) is 19.3 Å². The summed E-state index contributed by atoms with van der Waals surface area (Å²) >= 11 is 0. The zero-order valence-corrected chi connectivity index (χ0v) is 8.74. The Labute approximate surface area is 84.8 Å². The van der Waals surface area contributed by atoms with Gasteiger partial charge in [0.25, 0.3) is 0 Å². The largest absolute Gasteiger partial charge is 0.481 e. The van der Waals surface area contributed by atoms with Gasteiger partial charge in [0, 0.05) is 12.6 Å². The minimum atomic E-state index is -0.789. The van der Waals surface area contributed by atoms with Gasteiger partial charge in [-0.05, 0) is 32.9 Å². The van der Waals surface area contributed by atoms with E-state index < -0.39 is 5.97 Å². The van der Waals surface area contributed by atoms with Crippen LogP contribution in [-0.2, 0) is 9.53 Å². The molecule has 0 saturated carbocycles. The molecule has 0 amide bonds. The van der Waals surface area contributed by atoms with E-state index in [-0.39, 0.29) is 6.42 Å². The van der Waals surface area contributed by atoms with Crippen molar-refractivity contribution >= 4 is 5.97 Å². The van der Waals surface area contributed by atoms with Crippen LogP contribution in [-0.4, -0.2) is 48.8 Å². The second-order valence-corrected chi connectivity index (χ2v) is 3.82. The number of likely N-dealkylation sites (tertiary alicyclic amines) is 1. The zero-order valence-electron chi connectivity index (χ0n) is 8.74. The van der Waals surface area contributed by atoms with E-state index in [0.717, 1.165) is 6.42 Å². The van der Waals surface area contributed by atoms with Crippen LogP contribution in [0, 0.1) is 0 Å². The third-order valence-electron chi connectivity index (χ3n) is 2.73. The number of carbonyl (C=O) groups is 1. The summed E-state index contributed by atoms with van der Waals surface area (Å²) in [6.45, 7) is 2.20. The van der Waals surface area contributed by atoms with Crippen molar-refractivity contribution in [3.8, 4) is 0 Å². The number of ether oxygens (including phenoxy) is 1. The van der Waals surface area contributed by atoms with Crippen LogP contribution in [0.1, 0.15) is 25.7 Å². The highest BCUT2D eigenvalue weighted by Crippen LogP contribution is 2.17. The molecule has 0 bridgehead atoms. The summed E-state index contributed by atoms with van der Waals surface area (Å²) < 4.78 is 5.25. The predicted octanol–water partition coefficient (Wildman–Crippen LogP) is 0.962. The Balaban J connectivity index is 1.95. The number of hydrogen-bond acceptors (Lipinski definition) is 3. The Morgan fingerprint density at radius 1 is 1.57 bits per heavy atom. The third-order valence-corrected chi connectivity index (χ3v) is 2.73. The molecule has 0 aliphatic carbocycles. The van der Waals surface area contributed by atoms with Crippen LogP contribution in [0.5, 0.6) is 0 Å². The van der Waals surface area contributed by atoms with Crippen molar-refractivity contribution < 1.29 is 14.6 Å². The number of hydrogen-bond donors (Lipinski definition) is 1. The van der Waals surface area contributed by atoms with Gasteiger partial charge in [0.05, 0.1) is 13.0 Å². The van der Waals surface area contributed by atoms with Gasteiger partial charge in [-0.15, -0.1) is 0 Å². The van der Waals surface area contributed by atoms with Crippen molar-refractivity contribution in [3.05, 3.63) is 0 Å². The quantitative estimate of drug-likeness (QED) is 0.650. The molecule has 1 aliphatic rings. The van der Waals surface area contributed by atoms with Crippen LogP contribution in [0.4, 0.5) is 0 Å². The topological polar surface area (TPSA) is 49.8 Å². The maximum atomic E-state index is 10.2. The van der Waals surface area contributed by atoms with Gasteiger partial charge in [-0.3, -0.25) is 4.79 Å². The van der Waals surface area contributed by atoms with Crippen molar-refractivity contribution in [1.82, 2.24) is 4.90 Å². The maximum Gasteiger partial charge on any atom is 0.305 e. The Hall–Kier alpha value is -0.610. The highest BCUT2D eigenvalue weighted by Gasteiger charge is 2.19. The monoisotopic (exact) mass is 201 g/mol. The molecule has 14 heavy (non-hydrogen) atoms. The fourth-order valence-corrected chi connectivity index (χ4v) is 1.82. The van der Waals surface area contributed by atoms with E-state index in [1.807, 2.05) is 0 Å². The SMILES string of the molecule is CN1CCC[C@H]1CCOCCC(=O)O. The van der Waals surface area contributed by atoms with E-state index in [1.54, 1.807) is 0 Å². The molecule has 1 aliphatic heterocycles. The summed E-state index contributed by atoms with van der Waals surface area (Å²) in [6, 6.07) is 0.639. The smallest absolute Gasteiger partial charge is 0.305 e. The second kappa shape index (κ2) is 5.98. The van der Waals surface area contributed by atoms with Gasteiger partial charge in [0.15, 0.2) is 0 Å². The maximum absolute atomic E-state index is 10.2. The molecular weight excluding hydrogens is 182 g/mol. The lowest BCUT2D eigenvalue weighted by atomic mass is 10.1. The molecule has 1 atom stereocenters.